The fraction of sp³-hybridized carbons (Fsp3) is 0.375. The molecule has 4 heterocycles. The van der Waals surface area contributed by atoms with Crippen LogP contribution in [0.1, 0.15) is 30.4 Å². The maximum Gasteiger partial charge on any atom is 0.471 e. The van der Waals surface area contributed by atoms with Crippen molar-refractivity contribution in [1.29, 1.82) is 0 Å². The summed E-state index contributed by atoms with van der Waals surface area (Å²) in [6, 6.07) is 11.2. The number of hydrogen-bond donors (Lipinski definition) is 2. The molecule has 0 aliphatic carbocycles. The Bertz CT molecular complexity index is 1280. The molecule has 0 bridgehead atoms. The summed E-state index contributed by atoms with van der Waals surface area (Å²) in [5.41, 5.74) is 1.34. The molecule has 0 saturated carbocycles. The van der Waals surface area contributed by atoms with Gasteiger partial charge in [0, 0.05) is 16.7 Å². The molecule has 3 saturated heterocycles. The maximum atomic E-state index is 13.6. The number of para-hydroxylation sites is 1. The van der Waals surface area contributed by atoms with Crippen molar-refractivity contribution in [1.82, 2.24) is 9.80 Å². The van der Waals surface area contributed by atoms with Gasteiger partial charge in [0.25, 0.3) is 0 Å². The lowest BCUT2D eigenvalue weighted by molar-refractivity contribution is -0.167. The lowest BCUT2D eigenvalue weighted by Gasteiger charge is -2.41. The SMILES string of the molecule is O=C1[C@@H]2C[C@]3(c4ccc(Br)c(NC(=O)C(F)(F)F)c4)c4ccccc4N[C@@H]3N2C(=O)[C@@H]2CCCN12. The molecule has 0 spiro atoms. The maximum absolute atomic E-state index is 13.6. The molecular formula is C24H20BrF3N4O3. The molecule has 0 radical (unpaired) electrons. The first-order valence-corrected chi connectivity index (χ1v) is 12.1. The van der Waals surface area contributed by atoms with E-state index < -0.39 is 35.7 Å². The predicted molar refractivity (Wildman–Crippen MR) is 123 cm³/mol. The highest BCUT2D eigenvalue weighted by Crippen LogP contribution is 2.56. The molecule has 4 aliphatic heterocycles. The van der Waals surface area contributed by atoms with E-state index in [9.17, 15) is 27.6 Å². The van der Waals surface area contributed by atoms with Gasteiger partial charge in [0.15, 0.2) is 0 Å². The van der Waals surface area contributed by atoms with Crippen LogP contribution < -0.4 is 10.6 Å². The quantitative estimate of drug-likeness (QED) is 0.601. The van der Waals surface area contributed by atoms with E-state index in [-0.39, 0.29) is 28.4 Å². The molecule has 2 N–H and O–H groups in total. The smallest absolute Gasteiger partial charge is 0.364 e. The molecule has 4 aliphatic rings. The lowest BCUT2D eigenvalue weighted by Crippen LogP contribution is -2.63. The minimum atomic E-state index is -5.04. The molecule has 11 heteroatoms. The van der Waals surface area contributed by atoms with Crippen molar-refractivity contribution in [2.75, 3.05) is 17.2 Å². The molecule has 2 aromatic carbocycles. The Hall–Kier alpha value is -3.08. The minimum absolute atomic E-state index is 0.0366. The molecule has 182 valence electrons. The normalized spacial score (nSPS) is 28.9. The van der Waals surface area contributed by atoms with E-state index in [1.54, 1.807) is 21.9 Å². The van der Waals surface area contributed by atoms with Crippen LogP contribution in [0.3, 0.4) is 0 Å². The second-order valence-corrected chi connectivity index (χ2v) is 10.2. The third-order valence-electron chi connectivity index (χ3n) is 7.64. The topological polar surface area (TPSA) is 81.8 Å². The van der Waals surface area contributed by atoms with Gasteiger partial charge in [0.1, 0.15) is 18.2 Å². The van der Waals surface area contributed by atoms with Gasteiger partial charge < -0.3 is 20.4 Å². The predicted octanol–water partition coefficient (Wildman–Crippen LogP) is 3.59. The van der Waals surface area contributed by atoms with E-state index in [1.807, 2.05) is 29.6 Å². The zero-order valence-corrected chi connectivity index (χ0v) is 19.8. The molecule has 4 atom stereocenters. The Morgan fingerprint density at radius 3 is 2.66 bits per heavy atom. The van der Waals surface area contributed by atoms with E-state index in [1.165, 1.54) is 6.07 Å². The number of piperazine rings is 1. The van der Waals surface area contributed by atoms with E-state index in [4.69, 9.17) is 0 Å². The number of nitrogens with one attached hydrogen (secondary N) is 2. The van der Waals surface area contributed by atoms with Crippen molar-refractivity contribution >= 4 is 45.0 Å². The number of hydrogen-bond acceptors (Lipinski definition) is 4. The molecule has 2 aromatic rings. The molecule has 6 rings (SSSR count). The highest BCUT2D eigenvalue weighted by Gasteiger charge is 2.65. The molecule has 35 heavy (non-hydrogen) atoms. The van der Waals surface area contributed by atoms with E-state index in [0.717, 1.165) is 17.7 Å². The number of amides is 3. The monoisotopic (exact) mass is 548 g/mol. The van der Waals surface area contributed by atoms with Crippen molar-refractivity contribution in [3.63, 3.8) is 0 Å². The van der Waals surface area contributed by atoms with Gasteiger partial charge in [0.05, 0.1) is 11.1 Å². The van der Waals surface area contributed by atoms with E-state index in [0.29, 0.717) is 18.5 Å². The Balaban J connectivity index is 1.49. The van der Waals surface area contributed by atoms with Crippen molar-refractivity contribution in [3.05, 3.63) is 58.1 Å². The fourth-order valence-corrected chi connectivity index (χ4v) is 6.53. The highest BCUT2D eigenvalue weighted by atomic mass is 79.9. The number of nitrogens with zero attached hydrogens (tertiary/aromatic N) is 2. The summed E-state index contributed by atoms with van der Waals surface area (Å²) in [5.74, 6) is -2.28. The van der Waals surface area contributed by atoms with Gasteiger partial charge in [-0.25, -0.2) is 0 Å². The van der Waals surface area contributed by atoms with Crippen molar-refractivity contribution in [2.24, 2.45) is 0 Å². The van der Waals surface area contributed by atoms with Crippen molar-refractivity contribution in [2.45, 2.75) is 49.1 Å². The Kier molecular flexibility index (Phi) is 4.77. The van der Waals surface area contributed by atoms with Gasteiger partial charge in [-0.15, -0.1) is 0 Å². The second kappa shape index (κ2) is 7.46. The second-order valence-electron chi connectivity index (χ2n) is 9.37. The fourth-order valence-electron chi connectivity index (χ4n) is 6.19. The molecule has 3 fully saturated rings. The summed E-state index contributed by atoms with van der Waals surface area (Å²) in [5, 5.41) is 5.36. The molecule has 0 unspecified atom stereocenters. The third kappa shape index (κ3) is 3.06. The highest BCUT2D eigenvalue weighted by molar-refractivity contribution is 9.10. The van der Waals surface area contributed by atoms with Gasteiger partial charge in [-0.2, -0.15) is 13.2 Å². The number of fused-ring (bicyclic) bond motifs is 6. The van der Waals surface area contributed by atoms with Crippen LogP contribution >= 0.6 is 15.9 Å². The van der Waals surface area contributed by atoms with Crippen molar-refractivity contribution < 1.29 is 27.6 Å². The van der Waals surface area contributed by atoms with Crippen molar-refractivity contribution in [3.8, 4) is 0 Å². The number of rotatable bonds is 2. The summed E-state index contributed by atoms with van der Waals surface area (Å²) < 4.78 is 39.2. The van der Waals surface area contributed by atoms with Crippen LogP contribution in [-0.2, 0) is 19.8 Å². The first kappa shape index (κ1) is 22.4. The summed E-state index contributed by atoms with van der Waals surface area (Å²) in [7, 11) is 0. The van der Waals surface area contributed by atoms with E-state index in [2.05, 4.69) is 21.2 Å². The van der Waals surface area contributed by atoms with Crippen LogP contribution in [0.25, 0.3) is 0 Å². The van der Waals surface area contributed by atoms with Gasteiger partial charge in [-0.05, 0) is 64.5 Å². The number of halogens is 4. The minimum Gasteiger partial charge on any atom is -0.364 e. The van der Waals surface area contributed by atoms with Crippen LogP contribution in [0.5, 0.6) is 0 Å². The van der Waals surface area contributed by atoms with Crippen LogP contribution in [0.15, 0.2) is 46.9 Å². The zero-order valence-electron chi connectivity index (χ0n) is 18.2. The average molecular weight is 549 g/mol. The number of carbonyl (C=O) groups excluding carboxylic acids is 3. The molecular weight excluding hydrogens is 529 g/mol. The zero-order chi connectivity index (χ0) is 24.7. The largest absolute Gasteiger partial charge is 0.471 e. The van der Waals surface area contributed by atoms with Crippen LogP contribution in [0, 0.1) is 0 Å². The summed E-state index contributed by atoms with van der Waals surface area (Å²) in [4.78, 5) is 42.0. The number of alkyl halides is 3. The lowest BCUT2D eigenvalue weighted by atomic mass is 9.72. The molecule has 7 nitrogen and oxygen atoms in total. The van der Waals surface area contributed by atoms with Gasteiger partial charge in [0.2, 0.25) is 11.8 Å². The summed E-state index contributed by atoms with van der Waals surface area (Å²) in [6.45, 7) is 0.549. The van der Waals surface area contributed by atoms with Crippen LogP contribution in [-0.4, -0.2) is 58.5 Å². The van der Waals surface area contributed by atoms with Gasteiger partial charge >= 0.3 is 12.1 Å². The summed E-state index contributed by atoms with van der Waals surface area (Å²) in [6.07, 6.45) is -3.95. The molecule has 0 aromatic heterocycles. The Labute approximate surface area is 206 Å². The summed E-state index contributed by atoms with van der Waals surface area (Å²) >= 11 is 3.23. The number of carbonyl (C=O) groups is 3. The molecule has 3 amide bonds. The van der Waals surface area contributed by atoms with E-state index >= 15 is 0 Å². The van der Waals surface area contributed by atoms with Gasteiger partial charge in [-0.1, -0.05) is 24.3 Å². The number of anilines is 2. The third-order valence-corrected chi connectivity index (χ3v) is 8.34. The van der Waals surface area contributed by atoms with Crippen LogP contribution in [0.2, 0.25) is 0 Å². The van der Waals surface area contributed by atoms with Gasteiger partial charge in [-0.3, -0.25) is 14.4 Å². The standard InChI is InChI=1S/C24H20BrF3N4O3/c25-14-8-7-12(10-16(14)30-22(35)24(26,27)28)23-11-18-19(33)31-9-3-6-17(31)20(34)32(18)21(23)29-15-5-2-1-4-13(15)23/h1-2,4-5,7-8,10,17-18,21,29H,3,6,9,11H2,(H,30,35)/t17-,18-,21+,23-/m0/s1. The first-order valence-electron chi connectivity index (χ1n) is 11.3. The van der Waals surface area contributed by atoms with Crippen LogP contribution in [0.4, 0.5) is 24.5 Å². The Morgan fingerprint density at radius 2 is 1.89 bits per heavy atom. The Morgan fingerprint density at radius 1 is 1.11 bits per heavy atom. The average Bonchev–Trinajstić information content (AvgIpc) is 3.50. The number of benzene rings is 2. The first-order chi connectivity index (χ1) is 16.6.